The number of amides is 8. The third-order valence-corrected chi connectivity index (χ3v) is 16.8. The van der Waals surface area contributed by atoms with Gasteiger partial charge in [-0.1, -0.05) is 132 Å². The van der Waals surface area contributed by atoms with Crippen LogP contribution in [0.15, 0.2) is 109 Å². The molecule has 2 aliphatic rings. The van der Waals surface area contributed by atoms with Gasteiger partial charge >= 0.3 is 0 Å². The van der Waals surface area contributed by atoms with Crippen LogP contribution >= 0.6 is 21.6 Å². The van der Waals surface area contributed by atoms with Crippen LogP contribution in [0.4, 0.5) is 0 Å². The molecule has 7 rings (SSSR count). The van der Waals surface area contributed by atoms with E-state index in [0.29, 0.717) is 24.8 Å². The summed E-state index contributed by atoms with van der Waals surface area (Å²) in [6.45, 7) is 4.87. The van der Waals surface area contributed by atoms with Gasteiger partial charge in [0.25, 0.3) is 0 Å². The predicted molar refractivity (Wildman–Crippen MR) is 313 cm³/mol. The van der Waals surface area contributed by atoms with E-state index in [-0.39, 0.29) is 49.5 Å². The molecular formula is C59H72N10O10S2. The van der Waals surface area contributed by atoms with Crippen molar-refractivity contribution in [3.05, 3.63) is 137 Å². The molecule has 0 aromatic heterocycles. The van der Waals surface area contributed by atoms with E-state index in [1.54, 1.807) is 26.0 Å². The Morgan fingerprint density at radius 2 is 1.31 bits per heavy atom. The lowest BCUT2D eigenvalue weighted by Gasteiger charge is -2.30. The fourth-order valence-electron chi connectivity index (χ4n) is 9.82. The number of phenols is 1. The Labute approximate surface area is 478 Å². The van der Waals surface area contributed by atoms with Gasteiger partial charge in [0.2, 0.25) is 47.3 Å². The first-order valence-corrected chi connectivity index (χ1v) is 29.5. The summed E-state index contributed by atoms with van der Waals surface area (Å²) < 4.78 is 0. The van der Waals surface area contributed by atoms with Gasteiger partial charge in [-0.25, -0.2) is 0 Å². The third kappa shape index (κ3) is 16.6. The minimum atomic E-state index is -1.55. The highest BCUT2D eigenvalue weighted by molar-refractivity contribution is 8.76. The smallest absolute Gasteiger partial charge is 0.244 e. The van der Waals surface area contributed by atoms with Crippen LogP contribution in [-0.2, 0) is 64.0 Å². The Bertz CT molecular complexity index is 3090. The van der Waals surface area contributed by atoms with E-state index < -0.39 is 108 Å². The molecule has 1 saturated heterocycles. The van der Waals surface area contributed by atoms with Crippen molar-refractivity contribution in [2.75, 3.05) is 18.1 Å². The first-order chi connectivity index (χ1) is 38.8. The van der Waals surface area contributed by atoms with Crippen LogP contribution in [0.25, 0.3) is 21.9 Å². The third-order valence-electron chi connectivity index (χ3n) is 14.4. The highest BCUT2D eigenvalue weighted by Crippen LogP contribution is 2.38. The van der Waals surface area contributed by atoms with Crippen LogP contribution < -0.4 is 54.4 Å². The molecule has 5 aromatic carbocycles. The molecule has 0 spiro atoms. The average Bonchev–Trinajstić information content (AvgIpc) is 4.12. The molecule has 5 aromatic rings. The van der Waals surface area contributed by atoms with Gasteiger partial charge in [-0.05, 0) is 113 Å². The zero-order valence-electron chi connectivity index (χ0n) is 45.4. The number of unbranched alkanes of at least 4 members (excludes halogenated alkanes) is 1. The second kappa shape index (κ2) is 28.8. The number of phenolic OH excluding ortho intramolecular Hbond substituents is 1. The molecule has 22 heteroatoms. The highest BCUT2D eigenvalue weighted by atomic mass is 33.1. The average molecular weight is 1150 g/mol. The molecule has 20 nitrogen and oxygen atoms in total. The van der Waals surface area contributed by atoms with Gasteiger partial charge in [0.1, 0.15) is 48.0 Å². The van der Waals surface area contributed by atoms with E-state index in [1.165, 1.54) is 19.1 Å². The van der Waals surface area contributed by atoms with Crippen LogP contribution in [-0.4, -0.2) is 130 Å². The molecule has 1 heterocycles. The SMILES string of the molecule is CC(C)[C@@H]1NC(=O)[C@H](CCCCN)NC(=O)[C@@H](Cc2cccc3c2Cc2ccccc2-3)NC(=O)[C@H](Cc2ccc(O)cc2)NC(=O)[C@@H](NC(=O)[C@H](N)Cc2ccc3ccccc3c2)CSSC[C@@H](C(=O)N[C@H](C(N)=O)C(C)O)NC1=O. The molecule has 1 aliphatic carbocycles. The van der Waals surface area contributed by atoms with E-state index in [0.717, 1.165) is 65.7 Å². The highest BCUT2D eigenvalue weighted by Gasteiger charge is 2.37. The predicted octanol–water partition coefficient (Wildman–Crippen LogP) is 1.91. The quantitative estimate of drug-likeness (QED) is 0.0459. The summed E-state index contributed by atoms with van der Waals surface area (Å²) in [7, 11) is 2.04. The molecule has 430 valence electrons. The van der Waals surface area contributed by atoms with Gasteiger partial charge < -0.3 is 64.6 Å². The number of aliphatic hydroxyl groups excluding tert-OH is 1. The molecule has 9 atom stereocenters. The molecule has 0 saturated carbocycles. The summed E-state index contributed by atoms with van der Waals surface area (Å²) in [4.78, 5) is 114. The summed E-state index contributed by atoms with van der Waals surface area (Å²) in [6.07, 6.45) is -0.0528. The monoisotopic (exact) mass is 1140 g/mol. The Morgan fingerprint density at radius 3 is 2.01 bits per heavy atom. The summed E-state index contributed by atoms with van der Waals surface area (Å²) in [5.74, 6) is -7.60. The van der Waals surface area contributed by atoms with Crippen molar-refractivity contribution in [2.45, 2.75) is 120 Å². The second-order valence-electron chi connectivity index (χ2n) is 20.9. The van der Waals surface area contributed by atoms with Gasteiger partial charge in [0.05, 0.1) is 12.1 Å². The molecule has 1 fully saturated rings. The van der Waals surface area contributed by atoms with Crippen molar-refractivity contribution in [1.29, 1.82) is 0 Å². The minimum absolute atomic E-state index is 0.0465. The maximum Gasteiger partial charge on any atom is 0.244 e. The summed E-state index contributed by atoms with van der Waals surface area (Å²) >= 11 is 0. The van der Waals surface area contributed by atoms with Crippen LogP contribution in [0.1, 0.15) is 67.9 Å². The normalized spacial score (nSPS) is 21.4. The van der Waals surface area contributed by atoms with Crippen molar-refractivity contribution in [1.82, 2.24) is 37.2 Å². The number of aliphatic hydroxyl groups is 1. The molecule has 81 heavy (non-hydrogen) atoms. The number of hydrogen-bond acceptors (Lipinski definition) is 14. The molecule has 15 N–H and O–H groups in total. The lowest BCUT2D eigenvalue weighted by atomic mass is 9.95. The Kier molecular flexibility index (Phi) is 21.7. The lowest BCUT2D eigenvalue weighted by molar-refractivity contribution is -0.136. The molecule has 8 amide bonds. The number of fused-ring (bicyclic) bond motifs is 4. The van der Waals surface area contributed by atoms with Crippen LogP contribution in [0.5, 0.6) is 5.75 Å². The van der Waals surface area contributed by atoms with Crippen molar-refractivity contribution in [2.24, 2.45) is 23.1 Å². The lowest BCUT2D eigenvalue weighted by Crippen LogP contribution is -2.62. The van der Waals surface area contributed by atoms with E-state index in [9.17, 15) is 39.0 Å². The molecule has 1 unspecified atom stereocenters. The van der Waals surface area contributed by atoms with Gasteiger partial charge in [-0.3, -0.25) is 38.4 Å². The second-order valence-corrected chi connectivity index (χ2v) is 23.4. The number of rotatable bonds is 17. The number of nitrogens with one attached hydrogen (secondary N) is 7. The number of aromatic hydroxyl groups is 1. The topological polar surface area (TPSA) is 339 Å². The summed E-state index contributed by atoms with van der Waals surface area (Å²) in [5.41, 5.74) is 24.0. The summed E-state index contributed by atoms with van der Waals surface area (Å²) in [6, 6.07) is 22.2. The van der Waals surface area contributed by atoms with Gasteiger partial charge in [-0.2, -0.15) is 0 Å². The Morgan fingerprint density at radius 1 is 0.679 bits per heavy atom. The van der Waals surface area contributed by atoms with E-state index in [2.05, 4.69) is 37.2 Å². The fraction of sp³-hybridized carbons (Fsp3) is 0.390. The maximum absolute atomic E-state index is 15.1. The first-order valence-electron chi connectivity index (χ1n) is 27.0. The van der Waals surface area contributed by atoms with Gasteiger partial charge in [-0.15, -0.1) is 0 Å². The van der Waals surface area contributed by atoms with Gasteiger partial charge in [0, 0.05) is 24.3 Å². The van der Waals surface area contributed by atoms with Crippen LogP contribution in [0.2, 0.25) is 0 Å². The van der Waals surface area contributed by atoms with Crippen molar-refractivity contribution in [3.63, 3.8) is 0 Å². The van der Waals surface area contributed by atoms with Crippen LogP contribution in [0, 0.1) is 5.92 Å². The number of nitrogens with two attached hydrogens (primary N) is 3. The molecular weight excluding hydrogens is 1070 g/mol. The summed E-state index contributed by atoms with van der Waals surface area (Å²) in [5, 5.41) is 41.7. The van der Waals surface area contributed by atoms with Crippen molar-refractivity contribution >= 4 is 79.6 Å². The standard InChI is InChI=1S/C59H72N10O10S2/c1-32(2)50-59(79)67-49(58(78)69-51(33(3)70)52(62)72)31-81-80-30-48(66-53(73)44(61)26-35-18-21-36-11-4-5-12-37(36)25-35)57(77)64-46(27-34-19-22-40(71)23-20-34)55(75)65-47(56(76)63-45(54(74)68-50)17-8-9-24-60)29-39-14-10-16-42-41-15-7-6-13-38(41)28-43(39)42/h4-7,10-16,18-23,25,32-33,44-51,70-71H,8-9,17,24,26-31,60-61H2,1-3H3,(H2,62,72)(H,63,76)(H,64,77)(H,65,75)(H,66,73)(H,67,79)(H,68,74)(H,69,78)/t33?,44-,45+,46+,47-,48+,49+,50+,51+/m1/s1. The molecule has 0 radical (unpaired) electrons. The Hall–Kier alpha value is -7.50. The zero-order chi connectivity index (χ0) is 58.3. The van der Waals surface area contributed by atoms with E-state index in [4.69, 9.17) is 17.2 Å². The fourth-order valence-corrected chi connectivity index (χ4v) is 12.2. The zero-order valence-corrected chi connectivity index (χ0v) is 47.1. The minimum Gasteiger partial charge on any atom is -0.508 e. The number of benzene rings is 5. The molecule has 1 aliphatic heterocycles. The van der Waals surface area contributed by atoms with Crippen molar-refractivity contribution in [3.8, 4) is 16.9 Å². The molecule has 0 bridgehead atoms. The number of carbonyl (C=O) groups excluding carboxylic acids is 8. The van der Waals surface area contributed by atoms with Crippen molar-refractivity contribution < 1.29 is 48.6 Å². The van der Waals surface area contributed by atoms with E-state index >= 15 is 9.59 Å². The van der Waals surface area contributed by atoms with Crippen LogP contribution in [0.3, 0.4) is 0 Å². The van der Waals surface area contributed by atoms with E-state index in [1.807, 2.05) is 84.9 Å². The number of carbonyl (C=O) groups is 8. The first kappa shape index (κ1) is 61.1. The maximum atomic E-state index is 15.1. The number of hydrogen-bond donors (Lipinski definition) is 12. The van der Waals surface area contributed by atoms with Gasteiger partial charge in [0.15, 0.2) is 0 Å². The number of primary amides is 1. The Balaban J connectivity index is 1.27. The largest absolute Gasteiger partial charge is 0.508 e.